The van der Waals surface area contributed by atoms with Crippen LogP contribution in [0.3, 0.4) is 0 Å². The van der Waals surface area contributed by atoms with E-state index in [1.54, 1.807) is 11.2 Å². The number of carbonyl (C=O) groups is 1. The Morgan fingerprint density at radius 1 is 1.03 bits per heavy atom. The predicted molar refractivity (Wildman–Crippen MR) is 131 cm³/mol. The zero-order chi connectivity index (χ0) is 23.3. The second-order valence-electron chi connectivity index (χ2n) is 8.00. The van der Waals surface area contributed by atoms with Crippen molar-refractivity contribution in [2.75, 3.05) is 55.2 Å². The van der Waals surface area contributed by atoms with Crippen molar-refractivity contribution in [1.29, 1.82) is 0 Å². The number of piperazine rings is 1. The number of sulfonamides is 1. The van der Waals surface area contributed by atoms with E-state index in [-0.39, 0.29) is 11.7 Å². The standard InChI is InChI=1S/C23H30N6O3S/c1-2-33(31,32)29-15-13-28(14-16-29)21-9-5-19(6-10-21)22(30)26-17-18-3-7-20(8-4-18)27-23-24-11-12-25-23/h3-10H,2,11-17H2,1H3,(H,26,30)(H2,24,25,27). The highest BCUT2D eigenvalue weighted by Gasteiger charge is 2.25. The topological polar surface area (TPSA) is 106 Å². The largest absolute Gasteiger partial charge is 0.369 e. The molecule has 2 heterocycles. The van der Waals surface area contributed by atoms with Crippen molar-refractivity contribution in [2.24, 2.45) is 4.99 Å². The molecule has 0 unspecified atom stereocenters. The first kappa shape index (κ1) is 23.1. The summed E-state index contributed by atoms with van der Waals surface area (Å²) >= 11 is 0. The Labute approximate surface area is 194 Å². The van der Waals surface area contributed by atoms with E-state index in [0.29, 0.717) is 38.3 Å². The Balaban J connectivity index is 1.26. The van der Waals surface area contributed by atoms with Gasteiger partial charge in [0.2, 0.25) is 10.0 Å². The summed E-state index contributed by atoms with van der Waals surface area (Å²) in [5, 5.41) is 9.34. The number of carbonyl (C=O) groups excluding carboxylic acids is 1. The Kier molecular flexibility index (Phi) is 7.14. The van der Waals surface area contributed by atoms with E-state index < -0.39 is 10.0 Å². The van der Waals surface area contributed by atoms with Gasteiger partial charge in [-0.2, -0.15) is 4.31 Å². The molecule has 9 nitrogen and oxygen atoms in total. The van der Waals surface area contributed by atoms with Crippen LogP contribution in [0.1, 0.15) is 22.8 Å². The summed E-state index contributed by atoms with van der Waals surface area (Å²) in [4.78, 5) is 19.0. The fraction of sp³-hybridized carbons (Fsp3) is 0.391. The van der Waals surface area contributed by atoms with E-state index in [1.807, 2.05) is 48.5 Å². The molecule has 2 aliphatic rings. The zero-order valence-corrected chi connectivity index (χ0v) is 19.6. The molecule has 0 atom stereocenters. The lowest BCUT2D eigenvalue weighted by molar-refractivity contribution is 0.0951. The van der Waals surface area contributed by atoms with E-state index in [9.17, 15) is 13.2 Å². The summed E-state index contributed by atoms with van der Waals surface area (Å²) < 4.78 is 25.6. The maximum Gasteiger partial charge on any atom is 0.251 e. The number of rotatable bonds is 7. The lowest BCUT2D eigenvalue weighted by Gasteiger charge is -2.35. The Morgan fingerprint density at radius 2 is 1.73 bits per heavy atom. The first-order valence-corrected chi connectivity index (χ1v) is 12.8. The minimum absolute atomic E-state index is 0.130. The molecule has 0 bridgehead atoms. The number of hydrogen-bond acceptors (Lipinski definition) is 7. The van der Waals surface area contributed by atoms with Gasteiger partial charge >= 0.3 is 0 Å². The molecule has 1 fully saturated rings. The van der Waals surface area contributed by atoms with Gasteiger partial charge in [0, 0.05) is 56.2 Å². The number of amides is 1. The predicted octanol–water partition coefficient (Wildman–Crippen LogP) is 1.46. The fourth-order valence-corrected chi connectivity index (χ4v) is 4.92. The van der Waals surface area contributed by atoms with Gasteiger partial charge in [-0.25, -0.2) is 8.42 Å². The molecule has 1 saturated heterocycles. The number of nitrogens with one attached hydrogen (secondary N) is 3. The number of benzene rings is 2. The van der Waals surface area contributed by atoms with Crippen molar-refractivity contribution in [3.05, 3.63) is 59.7 Å². The number of anilines is 2. The van der Waals surface area contributed by atoms with Crippen molar-refractivity contribution in [2.45, 2.75) is 13.5 Å². The highest BCUT2D eigenvalue weighted by molar-refractivity contribution is 7.89. The van der Waals surface area contributed by atoms with Crippen molar-refractivity contribution < 1.29 is 13.2 Å². The Hall–Kier alpha value is -3.11. The van der Waals surface area contributed by atoms with Gasteiger partial charge in [0.1, 0.15) is 0 Å². The maximum absolute atomic E-state index is 12.6. The quantitative estimate of drug-likeness (QED) is 0.566. The van der Waals surface area contributed by atoms with Crippen molar-refractivity contribution in [3.8, 4) is 0 Å². The van der Waals surface area contributed by atoms with Crippen molar-refractivity contribution >= 4 is 33.3 Å². The van der Waals surface area contributed by atoms with Gasteiger partial charge in [-0.3, -0.25) is 9.79 Å². The summed E-state index contributed by atoms with van der Waals surface area (Å²) in [6, 6.07) is 15.3. The lowest BCUT2D eigenvalue weighted by atomic mass is 10.1. The number of nitrogens with zero attached hydrogens (tertiary/aromatic N) is 3. The average Bonchev–Trinajstić information content (AvgIpc) is 3.37. The van der Waals surface area contributed by atoms with Crippen LogP contribution >= 0.6 is 0 Å². The molecule has 0 saturated carbocycles. The van der Waals surface area contributed by atoms with Gasteiger partial charge in [0.15, 0.2) is 5.96 Å². The van der Waals surface area contributed by atoms with Gasteiger partial charge < -0.3 is 20.9 Å². The molecule has 2 aliphatic heterocycles. The van der Waals surface area contributed by atoms with Crippen LogP contribution in [-0.4, -0.2) is 69.6 Å². The molecule has 33 heavy (non-hydrogen) atoms. The van der Waals surface area contributed by atoms with E-state index in [4.69, 9.17) is 0 Å². The summed E-state index contributed by atoms with van der Waals surface area (Å²) in [5.74, 6) is 0.782. The molecule has 0 aromatic heterocycles. The van der Waals surface area contributed by atoms with Crippen LogP contribution < -0.4 is 20.9 Å². The summed E-state index contributed by atoms with van der Waals surface area (Å²) in [5.41, 5.74) is 3.53. The van der Waals surface area contributed by atoms with E-state index >= 15 is 0 Å². The molecular formula is C23H30N6O3S. The molecule has 0 radical (unpaired) electrons. The van der Waals surface area contributed by atoms with Gasteiger partial charge in [-0.05, 0) is 48.9 Å². The van der Waals surface area contributed by atoms with Gasteiger partial charge in [0.05, 0.1) is 12.3 Å². The van der Waals surface area contributed by atoms with E-state index in [2.05, 4.69) is 25.8 Å². The second kappa shape index (κ2) is 10.2. The minimum atomic E-state index is -3.14. The average molecular weight is 471 g/mol. The molecule has 4 rings (SSSR count). The van der Waals surface area contributed by atoms with Crippen molar-refractivity contribution in [1.82, 2.24) is 14.9 Å². The highest BCUT2D eigenvalue weighted by Crippen LogP contribution is 2.19. The Morgan fingerprint density at radius 3 is 2.33 bits per heavy atom. The smallest absolute Gasteiger partial charge is 0.251 e. The van der Waals surface area contributed by atoms with Crippen LogP contribution in [-0.2, 0) is 16.6 Å². The molecule has 2 aromatic carbocycles. The molecular weight excluding hydrogens is 440 g/mol. The maximum atomic E-state index is 12.6. The van der Waals surface area contributed by atoms with Crippen LogP contribution in [0.2, 0.25) is 0 Å². The van der Waals surface area contributed by atoms with E-state index in [1.165, 1.54) is 0 Å². The molecule has 0 spiro atoms. The third kappa shape index (κ3) is 5.82. The van der Waals surface area contributed by atoms with Crippen LogP contribution in [0.4, 0.5) is 11.4 Å². The molecule has 10 heteroatoms. The highest BCUT2D eigenvalue weighted by atomic mass is 32.2. The molecule has 2 aromatic rings. The van der Waals surface area contributed by atoms with Crippen LogP contribution in [0, 0.1) is 0 Å². The monoisotopic (exact) mass is 470 g/mol. The van der Waals surface area contributed by atoms with Crippen LogP contribution in [0.15, 0.2) is 53.5 Å². The van der Waals surface area contributed by atoms with Gasteiger partial charge in [-0.15, -0.1) is 0 Å². The van der Waals surface area contributed by atoms with Gasteiger partial charge in [0.25, 0.3) is 5.91 Å². The summed E-state index contributed by atoms with van der Waals surface area (Å²) in [6.07, 6.45) is 0. The second-order valence-corrected chi connectivity index (χ2v) is 10.3. The van der Waals surface area contributed by atoms with Crippen LogP contribution in [0.25, 0.3) is 0 Å². The SMILES string of the molecule is CCS(=O)(=O)N1CCN(c2ccc(C(=O)NCc3ccc(NC4=NCCN4)cc3)cc2)CC1. The summed E-state index contributed by atoms with van der Waals surface area (Å²) in [6.45, 7) is 5.99. The molecule has 1 amide bonds. The Bertz CT molecular complexity index is 1090. The zero-order valence-electron chi connectivity index (χ0n) is 18.8. The number of guanidine groups is 1. The molecule has 3 N–H and O–H groups in total. The first-order valence-electron chi connectivity index (χ1n) is 11.2. The van der Waals surface area contributed by atoms with Crippen molar-refractivity contribution in [3.63, 3.8) is 0 Å². The third-order valence-corrected chi connectivity index (χ3v) is 7.72. The van der Waals surface area contributed by atoms with Crippen LogP contribution in [0.5, 0.6) is 0 Å². The molecule has 176 valence electrons. The fourth-order valence-electron chi connectivity index (χ4n) is 3.84. The van der Waals surface area contributed by atoms with E-state index in [0.717, 1.165) is 36.0 Å². The molecule has 0 aliphatic carbocycles. The number of aliphatic imine (C=N–C) groups is 1. The third-order valence-electron chi connectivity index (χ3n) is 5.84. The minimum Gasteiger partial charge on any atom is -0.369 e. The summed E-state index contributed by atoms with van der Waals surface area (Å²) in [7, 11) is -3.14. The van der Waals surface area contributed by atoms with Gasteiger partial charge in [-0.1, -0.05) is 12.1 Å². The number of hydrogen-bond donors (Lipinski definition) is 3. The first-order chi connectivity index (χ1) is 15.9. The normalized spacial score (nSPS) is 16.8. The lowest BCUT2D eigenvalue weighted by Crippen LogP contribution is -2.49.